The lowest BCUT2D eigenvalue weighted by molar-refractivity contribution is -0.115. The van der Waals surface area contributed by atoms with E-state index in [4.69, 9.17) is 16.6 Å². The molecule has 0 N–H and O–H groups in total. The minimum atomic E-state index is 0.152. The Morgan fingerprint density at radius 2 is 1.91 bits per heavy atom. The molecule has 0 aromatic carbocycles. The molecule has 32 heavy (non-hydrogen) atoms. The van der Waals surface area contributed by atoms with Crippen molar-refractivity contribution in [3.63, 3.8) is 0 Å². The van der Waals surface area contributed by atoms with E-state index in [1.807, 2.05) is 51.6 Å². The van der Waals surface area contributed by atoms with Gasteiger partial charge < -0.3 is 4.57 Å². The fourth-order valence-electron chi connectivity index (χ4n) is 3.73. The second kappa shape index (κ2) is 10.0. The fraction of sp³-hybridized carbons (Fsp3) is 0.308. The first-order chi connectivity index (χ1) is 15.3. The SMILES string of the molecule is C\C=C(/C(C)=C\C(C(=O)CC)=C(/C)CC)c1cc2cnc(Cl)cc2nc1-c1nccn1C. The van der Waals surface area contributed by atoms with E-state index in [0.29, 0.717) is 11.6 Å². The van der Waals surface area contributed by atoms with Crippen molar-refractivity contribution in [3.05, 3.63) is 70.3 Å². The van der Waals surface area contributed by atoms with Gasteiger partial charge in [-0.05, 0) is 50.5 Å². The predicted octanol–water partition coefficient (Wildman–Crippen LogP) is 6.74. The molecule has 0 aliphatic rings. The smallest absolute Gasteiger partial charge is 0.162 e. The maximum Gasteiger partial charge on any atom is 0.162 e. The van der Waals surface area contributed by atoms with Crippen LogP contribution in [0.1, 0.15) is 53.0 Å². The number of aryl methyl sites for hydroxylation is 1. The van der Waals surface area contributed by atoms with Crippen LogP contribution in [0, 0.1) is 0 Å². The first-order valence-corrected chi connectivity index (χ1v) is 11.2. The lowest BCUT2D eigenvalue weighted by atomic mass is 9.92. The van der Waals surface area contributed by atoms with E-state index >= 15 is 0 Å². The Kier molecular flexibility index (Phi) is 7.41. The number of halogens is 1. The number of carbonyl (C=O) groups excluding carboxylic acids is 1. The van der Waals surface area contributed by atoms with Crippen LogP contribution in [0.5, 0.6) is 0 Å². The Morgan fingerprint density at radius 3 is 2.50 bits per heavy atom. The van der Waals surface area contributed by atoms with Gasteiger partial charge in [0.05, 0.1) is 5.52 Å². The summed E-state index contributed by atoms with van der Waals surface area (Å²) in [5, 5.41) is 1.29. The Hall–Kier alpha value is -3.05. The maximum atomic E-state index is 12.6. The van der Waals surface area contributed by atoms with E-state index in [-0.39, 0.29) is 5.78 Å². The quantitative estimate of drug-likeness (QED) is 0.228. The number of nitrogens with zero attached hydrogens (tertiary/aromatic N) is 4. The van der Waals surface area contributed by atoms with Gasteiger partial charge in [0, 0.05) is 54.6 Å². The standard InChI is InChI=1S/C26H29ClN4O/c1-7-16(4)20(23(32)9-3)12-17(5)19(8-2)21-13-18-15-29-24(27)14-22(18)30-25(21)26-28-10-11-31(26)6/h8,10-15H,7,9H2,1-6H3/b17-12-,19-8+,20-16-. The van der Waals surface area contributed by atoms with Crippen molar-refractivity contribution < 1.29 is 4.79 Å². The van der Waals surface area contributed by atoms with Crippen LogP contribution in [0.25, 0.3) is 28.0 Å². The maximum absolute atomic E-state index is 12.6. The molecule has 0 fully saturated rings. The summed E-state index contributed by atoms with van der Waals surface area (Å²) in [7, 11) is 1.95. The van der Waals surface area contributed by atoms with Crippen LogP contribution in [0.15, 0.2) is 59.6 Å². The highest BCUT2D eigenvalue weighted by Crippen LogP contribution is 2.34. The van der Waals surface area contributed by atoms with Crippen molar-refractivity contribution in [3.8, 4) is 11.5 Å². The van der Waals surface area contributed by atoms with Gasteiger partial charge >= 0.3 is 0 Å². The summed E-state index contributed by atoms with van der Waals surface area (Å²) in [6, 6.07) is 3.83. The highest BCUT2D eigenvalue weighted by molar-refractivity contribution is 6.30. The predicted molar refractivity (Wildman–Crippen MR) is 132 cm³/mol. The third kappa shape index (κ3) is 4.73. The monoisotopic (exact) mass is 448 g/mol. The number of hydrogen-bond donors (Lipinski definition) is 0. The summed E-state index contributed by atoms with van der Waals surface area (Å²) in [5.74, 6) is 0.908. The average molecular weight is 449 g/mol. The summed E-state index contributed by atoms with van der Waals surface area (Å²) in [5.41, 5.74) is 6.32. The second-order valence-corrected chi connectivity index (χ2v) is 8.19. The number of rotatable bonds is 7. The number of allylic oxidation sites excluding steroid dienone is 6. The lowest BCUT2D eigenvalue weighted by Gasteiger charge is -2.16. The molecule has 0 radical (unpaired) electrons. The Morgan fingerprint density at radius 1 is 1.16 bits per heavy atom. The molecule has 3 rings (SSSR count). The Bertz CT molecular complexity index is 1260. The van der Waals surface area contributed by atoms with Crippen LogP contribution < -0.4 is 0 Å². The van der Waals surface area contributed by atoms with Gasteiger partial charge in [0.2, 0.25) is 0 Å². The van der Waals surface area contributed by atoms with Crippen LogP contribution in [0.4, 0.5) is 0 Å². The van der Waals surface area contributed by atoms with Gasteiger partial charge in [-0.2, -0.15) is 0 Å². The van der Waals surface area contributed by atoms with Gasteiger partial charge in [0.25, 0.3) is 0 Å². The molecule has 0 saturated carbocycles. The number of hydrogen-bond acceptors (Lipinski definition) is 4. The number of fused-ring (bicyclic) bond motifs is 1. The van der Waals surface area contributed by atoms with E-state index in [2.05, 4.69) is 29.0 Å². The average Bonchev–Trinajstić information content (AvgIpc) is 3.22. The van der Waals surface area contributed by atoms with Crippen LogP contribution in [0.2, 0.25) is 5.15 Å². The molecule has 0 atom stereocenters. The first-order valence-electron chi connectivity index (χ1n) is 10.8. The zero-order valence-electron chi connectivity index (χ0n) is 19.5. The number of aromatic nitrogens is 4. The molecule has 3 aromatic heterocycles. The summed E-state index contributed by atoms with van der Waals surface area (Å²) >= 11 is 6.12. The van der Waals surface area contributed by atoms with Crippen molar-refractivity contribution in [2.45, 2.75) is 47.5 Å². The van der Waals surface area contributed by atoms with E-state index in [9.17, 15) is 4.79 Å². The molecule has 166 valence electrons. The normalized spacial score (nSPS) is 13.5. The van der Waals surface area contributed by atoms with Crippen molar-refractivity contribution in [2.24, 2.45) is 7.05 Å². The highest BCUT2D eigenvalue weighted by atomic mass is 35.5. The largest absolute Gasteiger partial charge is 0.333 e. The van der Waals surface area contributed by atoms with E-state index in [0.717, 1.165) is 56.7 Å². The third-order valence-electron chi connectivity index (χ3n) is 5.67. The van der Waals surface area contributed by atoms with E-state index in [1.165, 1.54) is 0 Å². The highest BCUT2D eigenvalue weighted by Gasteiger charge is 2.18. The molecule has 0 spiro atoms. The molecule has 6 heteroatoms. The van der Waals surface area contributed by atoms with Crippen molar-refractivity contribution >= 4 is 33.9 Å². The van der Waals surface area contributed by atoms with Gasteiger partial charge in [-0.25, -0.2) is 15.0 Å². The number of ketones is 1. The molecule has 0 bridgehead atoms. The molecule has 0 aliphatic heterocycles. The van der Waals surface area contributed by atoms with Gasteiger partial charge in [-0.15, -0.1) is 0 Å². The van der Waals surface area contributed by atoms with Crippen LogP contribution >= 0.6 is 11.6 Å². The summed E-state index contributed by atoms with van der Waals surface area (Å²) < 4.78 is 1.94. The molecule has 0 unspecified atom stereocenters. The Balaban J connectivity index is 2.27. The summed E-state index contributed by atoms with van der Waals surface area (Å²) in [6.07, 6.45) is 10.8. The summed E-state index contributed by atoms with van der Waals surface area (Å²) in [4.78, 5) is 26.3. The lowest BCUT2D eigenvalue weighted by Crippen LogP contribution is -2.04. The number of pyridine rings is 2. The topological polar surface area (TPSA) is 60.7 Å². The first kappa shape index (κ1) is 23.6. The molecule has 0 amide bonds. The van der Waals surface area contributed by atoms with Gasteiger partial charge in [-0.1, -0.05) is 37.1 Å². The fourth-order valence-corrected chi connectivity index (χ4v) is 3.88. The van der Waals surface area contributed by atoms with Gasteiger partial charge in [0.15, 0.2) is 11.6 Å². The zero-order chi connectivity index (χ0) is 23.4. The van der Waals surface area contributed by atoms with E-state index in [1.54, 1.807) is 18.5 Å². The second-order valence-electron chi connectivity index (χ2n) is 7.80. The molecule has 3 heterocycles. The number of Topliss-reactive ketones (excluding diaryl/α,β-unsaturated/α-hetero) is 1. The minimum Gasteiger partial charge on any atom is -0.333 e. The zero-order valence-corrected chi connectivity index (χ0v) is 20.3. The summed E-state index contributed by atoms with van der Waals surface area (Å²) in [6.45, 7) is 10.0. The number of imidazole rings is 1. The van der Waals surface area contributed by atoms with Crippen LogP contribution in [-0.4, -0.2) is 25.3 Å². The molecular weight excluding hydrogens is 420 g/mol. The molecular formula is C26H29ClN4O. The van der Waals surface area contributed by atoms with Crippen molar-refractivity contribution in [2.75, 3.05) is 0 Å². The van der Waals surface area contributed by atoms with Crippen LogP contribution in [0.3, 0.4) is 0 Å². The van der Waals surface area contributed by atoms with Gasteiger partial charge in [0.1, 0.15) is 10.8 Å². The van der Waals surface area contributed by atoms with Gasteiger partial charge in [-0.3, -0.25) is 4.79 Å². The molecule has 5 nitrogen and oxygen atoms in total. The molecule has 0 saturated heterocycles. The van der Waals surface area contributed by atoms with Crippen LogP contribution in [-0.2, 0) is 11.8 Å². The minimum absolute atomic E-state index is 0.152. The molecule has 3 aromatic rings. The molecule has 0 aliphatic carbocycles. The van der Waals surface area contributed by atoms with E-state index < -0.39 is 0 Å². The van der Waals surface area contributed by atoms with Crippen molar-refractivity contribution in [1.29, 1.82) is 0 Å². The van der Waals surface area contributed by atoms with Crippen molar-refractivity contribution in [1.82, 2.24) is 19.5 Å². The Labute approximate surface area is 194 Å². The third-order valence-corrected chi connectivity index (χ3v) is 5.88. The number of carbonyl (C=O) groups is 1.